The van der Waals surface area contributed by atoms with Crippen molar-refractivity contribution >= 4 is 21.8 Å². The van der Waals surface area contributed by atoms with Crippen LogP contribution in [0.5, 0.6) is 0 Å². The summed E-state index contributed by atoms with van der Waals surface area (Å²) in [5, 5.41) is 0. The second-order valence-corrected chi connectivity index (χ2v) is 10.1. The molecule has 0 saturated carbocycles. The Bertz CT molecular complexity index is 1040. The molecule has 2 saturated heterocycles. The van der Waals surface area contributed by atoms with Crippen LogP contribution < -0.4 is 0 Å². The van der Waals surface area contributed by atoms with Gasteiger partial charge in [-0.3, -0.25) is 14.6 Å². The fourth-order valence-corrected chi connectivity index (χ4v) is 5.69. The van der Waals surface area contributed by atoms with Gasteiger partial charge in [-0.25, -0.2) is 8.42 Å². The molecule has 8 nitrogen and oxygen atoms in total. The van der Waals surface area contributed by atoms with Crippen LogP contribution in [0.15, 0.2) is 53.7 Å². The molecule has 32 heavy (non-hydrogen) atoms. The summed E-state index contributed by atoms with van der Waals surface area (Å²) in [4.78, 5) is 33.1. The zero-order chi connectivity index (χ0) is 22.6. The van der Waals surface area contributed by atoms with Crippen LogP contribution in [0.3, 0.4) is 0 Å². The first kappa shape index (κ1) is 22.4. The average Bonchev–Trinajstić information content (AvgIpc) is 3.14. The topological polar surface area (TPSA) is 90.9 Å². The van der Waals surface area contributed by atoms with Crippen LogP contribution >= 0.6 is 0 Å². The Kier molecular flexibility index (Phi) is 6.86. The molecule has 0 atom stereocenters. The third-order valence-electron chi connectivity index (χ3n) is 6.09. The summed E-state index contributed by atoms with van der Waals surface area (Å²) < 4.78 is 27.4. The van der Waals surface area contributed by atoms with Gasteiger partial charge in [-0.2, -0.15) is 4.31 Å². The molecule has 0 unspecified atom stereocenters. The predicted octanol–water partition coefficient (Wildman–Crippen LogP) is 2.24. The van der Waals surface area contributed by atoms with Crippen molar-refractivity contribution < 1.29 is 18.0 Å². The van der Waals surface area contributed by atoms with Crippen molar-refractivity contribution in [3.05, 3.63) is 59.9 Å². The molecule has 0 N–H and O–H groups in total. The highest BCUT2D eigenvalue weighted by molar-refractivity contribution is 7.89. The highest BCUT2D eigenvalue weighted by Gasteiger charge is 2.27. The fraction of sp³-hybridized carbons (Fsp3) is 0.435. The number of hydrogen-bond acceptors (Lipinski definition) is 5. The summed E-state index contributed by atoms with van der Waals surface area (Å²) >= 11 is 0. The minimum absolute atomic E-state index is 0.0671. The van der Waals surface area contributed by atoms with Crippen LogP contribution in [0.4, 0.5) is 0 Å². The Morgan fingerprint density at radius 3 is 1.62 bits per heavy atom. The largest absolute Gasteiger partial charge is 0.335 e. The monoisotopic (exact) mass is 456 g/mol. The van der Waals surface area contributed by atoms with Crippen LogP contribution in [0.2, 0.25) is 0 Å². The minimum Gasteiger partial charge on any atom is -0.335 e. The van der Waals surface area contributed by atoms with Gasteiger partial charge >= 0.3 is 0 Å². The number of pyridine rings is 1. The van der Waals surface area contributed by atoms with Crippen molar-refractivity contribution in [1.82, 2.24) is 19.1 Å². The lowest BCUT2D eigenvalue weighted by molar-refractivity contribution is 0.0535. The molecule has 3 heterocycles. The number of rotatable bonds is 4. The van der Waals surface area contributed by atoms with Crippen molar-refractivity contribution in [2.75, 3.05) is 39.3 Å². The lowest BCUT2D eigenvalue weighted by Crippen LogP contribution is -2.50. The smallest absolute Gasteiger partial charge is 0.254 e. The molecule has 2 aliphatic heterocycles. The van der Waals surface area contributed by atoms with Gasteiger partial charge in [0, 0.05) is 62.8 Å². The maximum atomic E-state index is 12.9. The van der Waals surface area contributed by atoms with Crippen molar-refractivity contribution in [2.24, 2.45) is 0 Å². The van der Waals surface area contributed by atoms with Gasteiger partial charge in [0.15, 0.2) is 0 Å². The molecular weight excluding hydrogens is 428 g/mol. The van der Waals surface area contributed by atoms with Gasteiger partial charge in [-0.1, -0.05) is 12.8 Å². The molecule has 1 aromatic carbocycles. The number of carbonyl (C=O) groups is 2. The van der Waals surface area contributed by atoms with E-state index in [9.17, 15) is 18.0 Å². The Morgan fingerprint density at radius 1 is 0.656 bits per heavy atom. The standard InChI is InChI=1S/C23H28N4O4S/c28-22(25-15-17-26(18-16-25)23(29)20-9-11-24-12-10-20)19-5-7-21(8-6-19)32(30,31)27-13-3-1-2-4-14-27/h5-12H,1-4,13-18H2. The summed E-state index contributed by atoms with van der Waals surface area (Å²) in [5.74, 6) is -0.220. The van der Waals surface area contributed by atoms with Crippen molar-refractivity contribution in [1.29, 1.82) is 0 Å². The van der Waals surface area contributed by atoms with Crippen LogP contribution in [-0.2, 0) is 10.0 Å². The number of aromatic nitrogens is 1. The lowest BCUT2D eigenvalue weighted by Gasteiger charge is -2.34. The van der Waals surface area contributed by atoms with E-state index in [0.29, 0.717) is 50.4 Å². The van der Waals surface area contributed by atoms with Crippen molar-refractivity contribution in [3.8, 4) is 0 Å². The van der Waals surface area contributed by atoms with Gasteiger partial charge in [0.25, 0.3) is 11.8 Å². The molecule has 1 aromatic heterocycles. The molecule has 0 radical (unpaired) electrons. The van der Waals surface area contributed by atoms with Crippen molar-refractivity contribution in [3.63, 3.8) is 0 Å². The zero-order valence-corrected chi connectivity index (χ0v) is 18.8. The SMILES string of the molecule is O=C(c1ccncc1)N1CCN(C(=O)c2ccc(S(=O)(=O)N3CCCCCC3)cc2)CC1. The highest BCUT2D eigenvalue weighted by Crippen LogP contribution is 2.21. The Morgan fingerprint density at radius 2 is 1.12 bits per heavy atom. The number of nitrogens with zero attached hydrogens (tertiary/aromatic N) is 4. The predicted molar refractivity (Wildman–Crippen MR) is 120 cm³/mol. The summed E-state index contributed by atoms with van der Waals surface area (Å²) in [7, 11) is -3.54. The number of amides is 2. The fourth-order valence-electron chi connectivity index (χ4n) is 4.17. The summed E-state index contributed by atoms with van der Waals surface area (Å²) in [5.41, 5.74) is 1.04. The van der Waals surface area contributed by atoms with Crippen molar-refractivity contribution in [2.45, 2.75) is 30.6 Å². The molecule has 2 aromatic rings. The number of carbonyl (C=O) groups excluding carboxylic acids is 2. The Balaban J connectivity index is 1.37. The molecule has 0 bridgehead atoms. The van der Waals surface area contributed by atoms with E-state index in [4.69, 9.17) is 0 Å². The second-order valence-electron chi connectivity index (χ2n) is 8.16. The molecule has 170 valence electrons. The maximum absolute atomic E-state index is 12.9. The summed E-state index contributed by atoms with van der Waals surface area (Å²) in [6.45, 7) is 2.87. The first-order valence-electron chi connectivity index (χ1n) is 11.1. The molecule has 0 spiro atoms. The van der Waals surface area contributed by atoms with Crippen LogP contribution in [0, 0.1) is 0 Å². The number of benzene rings is 1. The first-order chi connectivity index (χ1) is 15.5. The second kappa shape index (κ2) is 9.79. The molecule has 2 fully saturated rings. The third-order valence-corrected chi connectivity index (χ3v) is 8.00. The van der Waals surface area contributed by atoms with E-state index < -0.39 is 10.0 Å². The molecular formula is C23H28N4O4S. The van der Waals surface area contributed by atoms with Gasteiger partial charge < -0.3 is 9.80 Å². The molecule has 9 heteroatoms. The van der Waals surface area contributed by atoms with E-state index >= 15 is 0 Å². The maximum Gasteiger partial charge on any atom is 0.254 e. The van der Waals surface area contributed by atoms with Gasteiger partial charge in [-0.05, 0) is 49.2 Å². The molecule has 2 amide bonds. The van der Waals surface area contributed by atoms with Crippen LogP contribution in [0.25, 0.3) is 0 Å². The zero-order valence-electron chi connectivity index (χ0n) is 18.0. The third kappa shape index (κ3) is 4.83. The van der Waals surface area contributed by atoms with E-state index in [1.807, 2.05) is 0 Å². The normalized spacial score (nSPS) is 18.2. The van der Waals surface area contributed by atoms with Gasteiger partial charge in [-0.15, -0.1) is 0 Å². The number of sulfonamides is 1. The van der Waals surface area contributed by atoms with Crippen LogP contribution in [0.1, 0.15) is 46.4 Å². The van der Waals surface area contributed by atoms with E-state index in [-0.39, 0.29) is 16.7 Å². The minimum atomic E-state index is -3.54. The summed E-state index contributed by atoms with van der Waals surface area (Å²) in [6, 6.07) is 9.58. The first-order valence-corrected chi connectivity index (χ1v) is 12.5. The number of hydrogen-bond donors (Lipinski definition) is 0. The summed E-state index contributed by atoms with van der Waals surface area (Å²) in [6.07, 6.45) is 7.05. The molecule has 4 rings (SSSR count). The van der Waals surface area contributed by atoms with Gasteiger partial charge in [0.1, 0.15) is 0 Å². The quantitative estimate of drug-likeness (QED) is 0.704. The van der Waals surface area contributed by atoms with E-state index in [2.05, 4.69) is 4.98 Å². The Hall–Kier alpha value is -2.78. The van der Waals surface area contributed by atoms with E-state index in [0.717, 1.165) is 25.7 Å². The van der Waals surface area contributed by atoms with Crippen LogP contribution in [-0.4, -0.2) is 78.6 Å². The lowest BCUT2D eigenvalue weighted by atomic mass is 10.1. The molecule has 2 aliphatic rings. The van der Waals surface area contributed by atoms with E-state index in [1.165, 1.54) is 12.1 Å². The average molecular weight is 457 g/mol. The molecule has 0 aliphatic carbocycles. The number of piperazine rings is 1. The van der Waals surface area contributed by atoms with E-state index in [1.54, 1.807) is 50.8 Å². The van der Waals surface area contributed by atoms with Gasteiger partial charge in [0.2, 0.25) is 10.0 Å². The Labute approximate surface area is 188 Å². The van der Waals surface area contributed by atoms with Gasteiger partial charge in [0.05, 0.1) is 4.90 Å². The highest BCUT2D eigenvalue weighted by atomic mass is 32.2.